The molecule has 0 aromatic carbocycles. The van der Waals surface area contributed by atoms with Crippen molar-refractivity contribution in [1.82, 2.24) is 5.32 Å². The van der Waals surface area contributed by atoms with Crippen molar-refractivity contribution in [2.75, 3.05) is 19.4 Å². The highest BCUT2D eigenvalue weighted by Gasteiger charge is 2.33. The molecule has 16 heavy (non-hydrogen) atoms. The van der Waals surface area contributed by atoms with Gasteiger partial charge in [0.2, 0.25) is 0 Å². The molecule has 5 heteroatoms. The van der Waals surface area contributed by atoms with Gasteiger partial charge in [-0.05, 0) is 26.0 Å². The summed E-state index contributed by atoms with van der Waals surface area (Å²) in [6, 6.07) is 0. The fourth-order valence-corrected chi connectivity index (χ4v) is 2.90. The van der Waals surface area contributed by atoms with Crippen LogP contribution in [0.1, 0.15) is 32.6 Å². The Morgan fingerprint density at radius 3 is 2.50 bits per heavy atom. The Hall–Kier alpha value is -0.710. The van der Waals surface area contributed by atoms with E-state index in [1.807, 2.05) is 0 Å². The molecule has 0 heterocycles. The van der Waals surface area contributed by atoms with Crippen LogP contribution in [0.5, 0.6) is 0 Å². The van der Waals surface area contributed by atoms with Crippen LogP contribution in [0.2, 0.25) is 0 Å². The van der Waals surface area contributed by atoms with E-state index >= 15 is 0 Å². The Labute approximate surface area is 100 Å². The first kappa shape index (κ1) is 13.4. The van der Waals surface area contributed by atoms with Gasteiger partial charge in [-0.25, -0.2) is 4.79 Å². The molecule has 0 saturated heterocycles. The maximum absolute atomic E-state index is 11.4. The van der Waals surface area contributed by atoms with Gasteiger partial charge in [-0.1, -0.05) is 12.8 Å². The van der Waals surface area contributed by atoms with Crippen LogP contribution in [0.4, 0.5) is 0 Å². The van der Waals surface area contributed by atoms with Crippen molar-refractivity contribution >= 4 is 23.6 Å². The summed E-state index contributed by atoms with van der Waals surface area (Å²) in [6.45, 7) is 2.48. The van der Waals surface area contributed by atoms with Crippen LogP contribution >= 0.6 is 11.8 Å². The number of hydrogen-bond acceptors (Lipinski definition) is 4. The van der Waals surface area contributed by atoms with Crippen LogP contribution in [0.3, 0.4) is 0 Å². The van der Waals surface area contributed by atoms with Crippen LogP contribution in [0, 0.1) is 0 Å². The zero-order valence-corrected chi connectivity index (χ0v) is 10.7. The summed E-state index contributed by atoms with van der Waals surface area (Å²) in [7, 11) is 0. The minimum atomic E-state index is -0.781. The van der Waals surface area contributed by atoms with E-state index in [0.717, 1.165) is 12.8 Å². The fourth-order valence-electron chi connectivity index (χ4n) is 1.98. The molecule has 1 N–H and O–H groups in total. The van der Waals surface area contributed by atoms with E-state index in [9.17, 15) is 9.59 Å². The molecule has 1 saturated carbocycles. The van der Waals surface area contributed by atoms with Crippen molar-refractivity contribution in [2.45, 2.75) is 37.4 Å². The Balaban J connectivity index is 2.38. The number of esters is 1. The third-order valence-corrected chi connectivity index (χ3v) is 4.40. The van der Waals surface area contributed by atoms with E-state index in [2.05, 4.69) is 16.3 Å². The van der Waals surface area contributed by atoms with E-state index in [0.29, 0.717) is 6.54 Å². The number of nitrogens with one attached hydrogen (secondary N) is 1. The molecule has 1 amide bonds. The highest BCUT2D eigenvalue weighted by atomic mass is 32.2. The fraction of sp³-hybridized carbons (Fsp3) is 0.818. The standard InChI is InChI=1S/C11H19NO3S/c1-3-15-10(14)9(13)12-8-11(16-2)6-4-5-7-11/h3-8H2,1-2H3,(H,12,13). The number of carbonyl (C=O) groups excluding carboxylic acids is 2. The summed E-state index contributed by atoms with van der Waals surface area (Å²) in [5.41, 5.74) is 0. The Bertz CT molecular complexity index is 262. The summed E-state index contributed by atoms with van der Waals surface area (Å²) in [5.74, 6) is -1.40. The van der Waals surface area contributed by atoms with Gasteiger partial charge >= 0.3 is 11.9 Å². The number of thioether (sulfide) groups is 1. The van der Waals surface area contributed by atoms with Gasteiger partial charge in [0.1, 0.15) is 0 Å². The molecule has 0 spiro atoms. The van der Waals surface area contributed by atoms with Gasteiger partial charge in [-0.3, -0.25) is 4.79 Å². The van der Waals surface area contributed by atoms with Gasteiger partial charge in [-0.15, -0.1) is 0 Å². The second kappa shape index (κ2) is 6.13. The van der Waals surface area contributed by atoms with Crippen molar-refractivity contribution in [1.29, 1.82) is 0 Å². The highest BCUT2D eigenvalue weighted by molar-refractivity contribution is 8.00. The van der Waals surface area contributed by atoms with E-state index in [1.54, 1.807) is 18.7 Å². The number of carbonyl (C=O) groups is 2. The third kappa shape index (κ3) is 3.40. The average Bonchev–Trinajstić information content (AvgIpc) is 2.75. The average molecular weight is 245 g/mol. The Morgan fingerprint density at radius 2 is 2.00 bits per heavy atom. The van der Waals surface area contributed by atoms with Gasteiger partial charge in [0.15, 0.2) is 0 Å². The first-order valence-electron chi connectivity index (χ1n) is 5.63. The molecule has 1 aliphatic rings. The molecule has 0 radical (unpaired) electrons. The van der Waals surface area contributed by atoms with Crippen molar-refractivity contribution in [2.24, 2.45) is 0 Å². The normalized spacial score (nSPS) is 18.1. The smallest absolute Gasteiger partial charge is 0.396 e. The van der Waals surface area contributed by atoms with Gasteiger partial charge in [0.05, 0.1) is 6.61 Å². The molecule has 0 aromatic rings. The van der Waals surface area contributed by atoms with Crippen LogP contribution in [0.15, 0.2) is 0 Å². The van der Waals surface area contributed by atoms with Crippen molar-refractivity contribution in [3.63, 3.8) is 0 Å². The van der Waals surface area contributed by atoms with Crippen molar-refractivity contribution in [3.05, 3.63) is 0 Å². The second-order valence-electron chi connectivity index (χ2n) is 4.00. The van der Waals surface area contributed by atoms with E-state index in [1.165, 1.54) is 12.8 Å². The molecule has 92 valence electrons. The molecule has 0 aromatic heterocycles. The van der Waals surface area contributed by atoms with Crippen molar-refractivity contribution in [3.8, 4) is 0 Å². The van der Waals surface area contributed by atoms with Gasteiger partial charge in [0, 0.05) is 11.3 Å². The zero-order valence-electron chi connectivity index (χ0n) is 9.88. The molecule has 4 nitrogen and oxygen atoms in total. The molecule has 0 aliphatic heterocycles. The minimum Gasteiger partial charge on any atom is -0.459 e. The lowest BCUT2D eigenvalue weighted by molar-refractivity contribution is -0.154. The first-order valence-corrected chi connectivity index (χ1v) is 6.86. The van der Waals surface area contributed by atoms with Crippen LogP contribution < -0.4 is 5.32 Å². The molecule has 1 aliphatic carbocycles. The Kier molecular flexibility index (Phi) is 5.12. The minimum absolute atomic E-state index is 0.127. The van der Waals surface area contributed by atoms with Crippen molar-refractivity contribution < 1.29 is 14.3 Å². The summed E-state index contributed by atoms with van der Waals surface area (Å²) < 4.78 is 4.75. The largest absolute Gasteiger partial charge is 0.459 e. The summed E-state index contributed by atoms with van der Waals surface area (Å²) in [6.07, 6.45) is 6.68. The predicted molar refractivity (Wildman–Crippen MR) is 64.4 cm³/mol. The summed E-state index contributed by atoms with van der Waals surface area (Å²) >= 11 is 1.78. The van der Waals surface area contributed by atoms with E-state index < -0.39 is 11.9 Å². The molecule has 0 unspecified atom stereocenters. The predicted octanol–water partition coefficient (Wildman–Crippen LogP) is 1.34. The molecule has 1 rings (SSSR count). The molecule has 1 fully saturated rings. The number of ether oxygens (including phenoxy) is 1. The molecule has 0 bridgehead atoms. The maximum atomic E-state index is 11.4. The molecular weight excluding hydrogens is 226 g/mol. The first-order chi connectivity index (χ1) is 7.63. The quantitative estimate of drug-likeness (QED) is 0.600. The summed E-state index contributed by atoms with van der Waals surface area (Å²) in [5, 5.41) is 2.67. The topological polar surface area (TPSA) is 55.4 Å². The lowest BCUT2D eigenvalue weighted by atomic mass is 10.1. The highest BCUT2D eigenvalue weighted by Crippen LogP contribution is 2.39. The van der Waals surface area contributed by atoms with Crippen LogP contribution in [-0.2, 0) is 14.3 Å². The zero-order chi connectivity index (χ0) is 12.0. The van der Waals surface area contributed by atoms with Crippen LogP contribution in [0.25, 0.3) is 0 Å². The lowest BCUT2D eigenvalue weighted by Crippen LogP contribution is -2.42. The van der Waals surface area contributed by atoms with E-state index in [4.69, 9.17) is 0 Å². The number of amides is 1. The second-order valence-corrected chi connectivity index (χ2v) is 5.27. The third-order valence-electron chi connectivity index (χ3n) is 2.98. The molecule has 0 atom stereocenters. The van der Waals surface area contributed by atoms with Gasteiger partial charge in [-0.2, -0.15) is 11.8 Å². The molecular formula is C11H19NO3S. The Morgan fingerprint density at radius 1 is 1.38 bits per heavy atom. The van der Waals surface area contributed by atoms with E-state index in [-0.39, 0.29) is 11.4 Å². The number of rotatable bonds is 4. The number of hydrogen-bond donors (Lipinski definition) is 1. The van der Waals surface area contributed by atoms with Gasteiger partial charge in [0.25, 0.3) is 0 Å². The van der Waals surface area contributed by atoms with Gasteiger partial charge < -0.3 is 10.1 Å². The SMILES string of the molecule is CCOC(=O)C(=O)NCC1(SC)CCCC1. The monoisotopic (exact) mass is 245 g/mol. The van der Waals surface area contributed by atoms with Crippen LogP contribution in [-0.4, -0.2) is 36.0 Å². The summed E-state index contributed by atoms with van der Waals surface area (Å²) in [4.78, 5) is 22.5. The maximum Gasteiger partial charge on any atom is 0.396 e. The lowest BCUT2D eigenvalue weighted by Gasteiger charge is -2.26.